The van der Waals surface area contributed by atoms with Crippen molar-refractivity contribution in [2.75, 3.05) is 20.1 Å². The van der Waals surface area contributed by atoms with Crippen molar-refractivity contribution in [3.8, 4) is 0 Å². The highest BCUT2D eigenvalue weighted by Gasteiger charge is 2.27. The number of ketones is 1. The molecule has 2 nitrogen and oxygen atoms in total. The van der Waals surface area contributed by atoms with Crippen molar-refractivity contribution in [2.45, 2.75) is 19.5 Å². The summed E-state index contributed by atoms with van der Waals surface area (Å²) in [6.45, 7) is 1.75. The minimum atomic E-state index is -4.17. The van der Waals surface area contributed by atoms with E-state index in [2.05, 4.69) is 0 Å². The summed E-state index contributed by atoms with van der Waals surface area (Å²) in [4.78, 5) is 14.7. The van der Waals surface area contributed by atoms with E-state index >= 15 is 0 Å². The van der Waals surface area contributed by atoms with Crippen LogP contribution in [0.2, 0.25) is 0 Å². The van der Waals surface area contributed by atoms with Crippen molar-refractivity contribution in [1.82, 2.24) is 4.90 Å². The first-order valence-electron chi connectivity index (χ1n) is 5.13. The van der Waals surface area contributed by atoms with Gasteiger partial charge in [-0.15, -0.1) is 11.3 Å². The monoisotopic (exact) mass is 265 g/mol. The SMILES string of the molecule is Cc1ccc(C(=O)CN(C)CCC(F)(F)F)s1. The quantitative estimate of drug-likeness (QED) is 0.762. The zero-order valence-electron chi connectivity index (χ0n) is 9.67. The Morgan fingerprint density at radius 3 is 2.53 bits per heavy atom. The molecule has 6 heteroatoms. The molecule has 1 heterocycles. The Bertz CT molecular complexity index is 386. The first-order valence-corrected chi connectivity index (χ1v) is 5.94. The largest absolute Gasteiger partial charge is 0.390 e. The summed E-state index contributed by atoms with van der Waals surface area (Å²) >= 11 is 1.36. The van der Waals surface area contributed by atoms with E-state index in [-0.39, 0.29) is 18.9 Å². The van der Waals surface area contributed by atoms with Gasteiger partial charge in [-0.2, -0.15) is 13.2 Å². The van der Waals surface area contributed by atoms with E-state index in [1.165, 1.54) is 23.3 Å². The molecule has 0 aliphatic heterocycles. The molecule has 0 saturated carbocycles. The van der Waals surface area contributed by atoms with Gasteiger partial charge in [0.05, 0.1) is 17.8 Å². The number of thiophene rings is 1. The third-order valence-electron chi connectivity index (χ3n) is 2.21. The van der Waals surface area contributed by atoms with Crippen LogP contribution in [-0.4, -0.2) is 37.0 Å². The molecular weight excluding hydrogens is 251 g/mol. The first kappa shape index (κ1) is 14.2. The lowest BCUT2D eigenvalue weighted by molar-refractivity contribution is -0.137. The fraction of sp³-hybridized carbons (Fsp3) is 0.545. The van der Waals surface area contributed by atoms with E-state index in [0.717, 1.165) is 4.88 Å². The molecule has 0 N–H and O–H groups in total. The van der Waals surface area contributed by atoms with Gasteiger partial charge >= 0.3 is 6.18 Å². The molecule has 1 rings (SSSR count). The van der Waals surface area contributed by atoms with Crippen molar-refractivity contribution in [3.05, 3.63) is 21.9 Å². The van der Waals surface area contributed by atoms with Crippen LogP contribution < -0.4 is 0 Å². The molecule has 0 aromatic carbocycles. The zero-order valence-corrected chi connectivity index (χ0v) is 10.5. The van der Waals surface area contributed by atoms with Crippen LogP contribution in [0.4, 0.5) is 13.2 Å². The van der Waals surface area contributed by atoms with E-state index in [1.807, 2.05) is 13.0 Å². The molecule has 0 bridgehead atoms. The third-order valence-corrected chi connectivity index (χ3v) is 3.25. The van der Waals surface area contributed by atoms with Crippen molar-refractivity contribution in [2.24, 2.45) is 0 Å². The van der Waals surface area contributed by atoms with Gasteiger partial charge in [0.15, 0.2) is 5.78 Å². The van der Waals surface area contributed by atoms with Gasteiger partial charge in [-0.1, -0.05) is 0 Å². The van der Waals surface area contributed by atoms with Gasteiger partial charge in [-0.3, -0.25) is 9.69 Å². The second kappa shape index (κ2) is 5.64. The maximum Gasteiger partial charge on any atom is 0.390 e. The summed E-state index contributed by atoms with van der Waals surface area (Å²) in [6, 6.07) is 3.54. The normalized spacial score (nSPS) is 12.1. The Morgan fingerprint density at radius 2 is 2.06 bits per heavy atom. The summed E-state index contributed by atoms with van der Waals surface area (Å²) in [5.74, 6) is -0.132. The zero-order chi connectivity index (χ0) is 13.1. The van der Waals surface area contributed by atoms with Gasteiger partial charge in [-0.25, -0.2) is 0 Å². The molecule has 1 aromatic heterocycles. The van der Waals surface area contributed by atoms with Gasteiger partial charge in [-0.05, 0) is 26.1 Å². The lowest BCUT2D eigenvalue weighted by Gasteiger charge is -2.16. The minimum absolute atomic E-state index is 0.0238. The van der Waals surface area contributed by atoms with Gasteiger partial charge in [0.25, 0.3) is 0 Å². The Kier molecular flexibility index (Phi) is 4.70. The molecule has 0 aliphatic rings. The molecule has 0 spiro atoms. The van der Waals surface area contributed by atoms with Crippen molar-refractivity contribution >= 4 is 17.1 Å². The topological polar surface area (TPSA) is 20.3 Å². The number of halogens is 3. The number of rotatable bonds is 5. The molecule has 0 saturated heterocycles. The molecule has 0 aliphatic carbocycles. The van der Waals surface area contributed by atoms with Crippen LogP contribution in [0.25, 0.3) is 0 Å². The summed E-state index contributed by atoms with van der Waals surface area (Å²) < 4.78 is 35.9. The highest BCUT2D eigenvalue weighted by atomic mass is 32.1. The number of aryl methyl sites for hydroxylation is 1. The van der Waals surface area contributed by atoms with Gasteiger partial charge in [0, 0.05) is 11.4 Å². The van der Waals surface area contributed by atoms with Gasteiger partial charge in [0.1, 0.15) is 0 Å². The fourth-order valence-electron chi connectivity index (χ4n) is 1.30. The minimum Gasteiger partial charge on any atom is -0.299 e. The predicted molar refractivity (Wildman–Crippen MR) is 61.6 cm³/mol. The molecule has 0 fully saturated rings. The second-order valence-electron chi connectivity index (χ2n) is 3.94. The van der Waals surface area contributed by atoms with E-state index in [9.17, 15) is 18.0 Å². The standard InChI is InChI=1S/C11H14F3NOS/c1-8-3-4-10(17-8)9(16)7-15(2)6-5-11(12,13)14/h3-4H,5-7H2,1-2H3. The van der Waals surface area contributed by atoms with Crippen LogP contribution in [-0.2, 0) is 0 Å². The van der Waals surface area contributed by atoms with Crippen LogP contribution >= 0.6 is 11.3 Å². The molecule has 0 amide bonds. The number of Topliss-reactive ketones (excluding diaryl/α,β-unsaturated/α-hetero) is 1. The average Bonchev–Trinajstić information content (AvgIpc) is 2.61. The summed E-state index contributed by atoms with van der Waals surface area (Å²) in [5.41, 5.74) is 0. The number of carbonyl (C=O) groups excluding carboxylic acids is 1. The number of hydrogen-bond acceptors (Lipinski definition) is 3. The Labute approximate surface area is 102 Å². The number of carbonyl (C=O) groups is 1. The second-order valence-corrected chi connectivity index (χ2v) is 5.22. The highest BCUT2D eigenvalue weighted by molar-refractivity contribution is 7.14. The highest BCUT2D eigenvalue weighted by Crippen LogP contribution is 2.20. The van der Waals surface area contributed by atoms with E-state index in [1.54, 1.807) is 6.07 Å². The number of nitrogens with zero attached hydrogens (tertiary/aromatic N) is 1. The van der Waals surface area contributed by atoms with Crippen molar-refractivity contribution < 1.29 is 18.0 Å². The molecular formula is C11H14F3NOS. The van der Waals surface area contributed by atoms with Crippen molar-refractivity contribution in [3.63, 3.8) is 0 Å². The molecule has 1 aromatic rings. The number of likely N-dealkylation sites (N-methyl/N-ethyl adjacent to an activating group) is 1. The molecule has 0 unspecified atom stereocenters. The lowest BCUT2D eigenvalue weighted by atomic mass is 10.3. The van der Waals surface area contributed by atoms with E-state index in [0.29, 0.717) is 4.88 Å². The Morgan fingerprint density at radius 1 is 1.41 bits per heavy atom. The number of alkyl halides is 3. The first-order chi connectivity index (χ1) is 7.78. The van der Waals surface area contributed by atoms with Crippen molar-refractivity contribution in [1.29, 1.82) is 0 Å². The van der Waals surface area contributed by atoms with Crippen LogP contribution in [0.1, 0.15) is 21.0 Å². The van der Waals surface area contributed by atoms with Crippen LogP contribution in [0.15, 0.2) is 12.1 Å². The Hall–Kier alpha value is -0.880. The van der Waals surface area contributed by atoms with E-state index < -0.39 is 12.6 Å². The maximum atomic E-state index is 12.0. The molecule has 96 valence electrons. The number of hydrogen-bond donors (Lipinski definition) is 0. The Balaban J connectivity index is 2.41. The summed E-state index contributed by atoms with van der Waals surface area (Å²) in [6.07, 6.45) is -5.06. The van der Waals surface area contributed by atoms with Crippen LogP contribution in [0.3, 0.4) is 0 Å². The predicted octanol–water partition coefficient (Wildman–Crippen LogP) is 3.12. The fourth-order valence-corrected chi connectivity index (χ4v) is 2.10. The van der Waals surface area contributed by atoms with Gasteiger partial charge in [0.2, 0.25) is 0 Å². The van der Waals surface area contributed by atoms with Crippen LogP contribution in [0, 0.1) is 6.92 Å². The summed E-state index contributed by atoms with van der Waals surface area (Å²) in [7, 11) is 1.52. The average molecular weight is 265 g/mol. The third kappa shape index (κ3) is 5.32. The van der Waals surface area contributed by atoms with Crippen LogP contribution in [0.5, 0.6) is 0 Å². The molecule has 17 heavy (non-hydrogen) atoms. The smallest absolute Gasteiger partial charge is 0.299 e. The van der Waals surface area contributed by atoms with E-state index in [4.69, 9.17) is 0 Å². The lowest BCUT2D eigenvalue weighted by Crippen LogP contribution is -2.29. The molecule has 0 radical (unpaired) electrons. The molecule has 0 atom stereocenters. The maximum absolute atomic E-state index is 12.0. The van der Waals surface area contributed by atoms with Gasteiger partial charge < -0.3 is 0 Å². The summed E-state index contributed by atoms with van der Waals surface area (Å²) in [5, 5.41) is 0.